The molecule has 3 aromatic rings. The molecule has 3 rings (SSSR count). The second kappa shape index (κ2) is 5.93. The summed E-state index contributed by atoms with van der Waals surface area (Å²) in [5, 5.41) is 11.6. The molecule has 0 atom stereocenters. The van der Waals surface area contributed by atoms with Crippen molar-refractivity contribution in [2.24, 2.45) is 0 Å². The Morgan fingerprint density at radius 1 is 1.27 bits per heavy atom. The zero-order valence-electron chi connectivity index (χ0n) is 12.7. The molecule has 0 aliphatic carbocycles. The highest BCUT2D eigenvalue weighted by molar-refractivity contribution is 7.15. The highest BCUT2D eigenvalue weighted by atomic mass is 32.1. The van der Waals surface area contributed by atoms with Gasteiger partial charge in [0, 0.05) is 5.38 Å². The molecule has 0 amide bonds. The van der Waals surface area contributed by atoms with Crippen LogP contribution >= 0.6 is 11.3 Å². The summed E-state index contributed by atoms with van der Waals surface area (Å²) >= 11 is 1.49. The van der Waals surface area contributed by atoms with E-state index >= 15 is 0 Å². The molecule has 0 saturated carbocycles. The van der Waals surface area contributed by atoms with Gasteiger partial charge in [0.25, 0.3) is 0 Å². The summed E-state index contributed by atoms with van der Waals surface area (Å²) in [6, 6.07) is 8.27. The van der Waals surface area contributed by atoms with Gasteiger partial charge in [0.1, 0.15) is 0 Å². The maximum atomic E-state index is 11.7. The molecule has 114 valence electrons. The summed E-state index contributed by atoms with van der Waals surface area (Å²) in [6.45, 7) is 4.15. The number of hydrogen-bond acceptors (Lipinski definition) is 3. The van der Waals surface area contributed by atoms with Crippen LogP contribution < -0.4 is 0 Å². The average Bonchev–Trinajstić information content (AvgIpc) is 3.06. The lowest BCUT2D eigenvalue weighted by molar-refractivity contribution is 0.0688. The topological polar surface area (TPSA) is 54.6 Å². The predicted molar refractivity (Wildman–Crippen MR) is 88.8 cm³/mol. The van der Waals surface area contributed by atoms with Crippen molar-refractivity contribution in [1.29, 1.82) is 0 Å². The van der Waals surface area contributed by atoms with Gasteiger partial charge in [0.15, 0.2) is 10.7 Å². The van der Waals surface area contributed by atoms with Crippen molar-refractivity contribution >= 4 is 22.3 Å². The lowest BCUT2D eigenvalue weighted by atomic mass is 10.1. The molecule has 0 fully saturated rings. The SMILES string of the molecule is CCCc1nc2scc(-c3ccc(CC)cc3)n2c1C(=O)O. The number of aryl methyl sites for hydroxylation is 2. The van der Waals surface area contributed by atoms with Gasteiger partial charge < -0.3 is 5.11 Å². The number of carbonyl (C=O) groups is 1. The zero-order chi connectivity index (χ0) is 15.7. The number of nitrogens with zero attached hydrogens (tertiary/aromatic N) is 2. The predicted octanol–water partition coefficient (Wildman–Crippen LogP) is 4.28. The lowest BCUT2D eigenvalue weighted by Gasteiger charge is -2.04. The fourth-order valence-electron chi connectivity index (χ4n) is 2.65. The first-order chi connectivity index (χ1) is 10.7. The van der Waals surface area contributed by atoms with Crippen molar-refractivity contribution in [3.05, 3.63) is 46.6 Å². The first kappa shape index (κ1) is 14.8. The highest BCUT2D eigenvalue weighted by Crippen LogP contribution is 2.29. The van der Waals surface area contributed by atoms with Crippen molar-refractivity contribution < 1.29 is 9.90 Å². The van der Waals surface area contributed by atoms with Gasteiger partial charge in [-0.3, -0.25) is 4.40 Å². The number of thiazole rings is 1. The molecule has 2 aromatic heterocycles. The maximum absolute atomic E-state index is 11.7. The van der Waals surface area contributed by atoms with Crippen molar-refractivity contribution in [2.75, 3.05) is 0 Å². The number of fused-ring (bicyclic) bond motifs is 1. The molecule has 0 saturated heterocycles. The first-order valence-corrected chi connectivity index (χ1v) is 8.35. The number of carboxylic acid groups (broad SMARTS) is 1. The number of benzene rings is 1. The van der Waals surface area contributed by atoms with Crippen molar-refractivity contribution in [2.45, 2.75) is 33.1 Å². The van der Waals surface area contributed by atoms with Crippen LogP contribution in [0.15, 0.2) is 29.6 Å². The number of aromatic nitrogens is 2. The van der Waals surface area contributed by atoms with Crippen LogP contribution in [0.4, 0.5) is 0 Å². The Kier molecular flexibility index (Phi) is 3.98. The second-order valence-corrected chi connectivity index (χ2v) is 6.09. The Morgan fingerprint density at radius 3 is 2.59 bits per heavy atom. The number of hydrogen-bond donors (Lipinski definition) is 1. The van der Waals surface area contributed by atoms with Crippen molar-refractivity contribution in [1.82, 2.24) is 9.38 Å². The van der Waals surface area contributed by atoms with E-state index in [0.29, 0.717) is 17.8 Å². The smallest absolute Gasteiger partial charge is 0.354 e. The summed E-state index contributed by atoms with van der Waals surface area (Å²) in [5.74, 6) is -0.916. The number of imidazole rings is 1. The Bertz CT molecular complexity index is 815. The molecule has 2 heterocycles. The zero-order valence-corrected chi connectivity index (χ0v) is 13.5. The summed E-state index contributed by atoms with van der Waals surface area (Å²) in [6.07, 6.45) is 2.56. The minimum Gasteiger partial charge on any atom is -0.477 e. The normalized spacial score (nSPS) is 11.2. The molecule has 4 nitrogen and oxygen atoms in total. The third-order valence-corrected chi connectivity index (χ3v) is 4.61. The monoisotopic (exact) mass is 314 g/mol. The lowest BCUT2D eigenvalue weighted by Crippen LogP contribution is -2.06. The summed E-state index contributed by atoms with van der Waals surface area (Å²) < 4.78 is 1.78. The van der Waals surface area contributed by atoms with E-state index in [1.165, 1.54) is 16.9 Å². The van der Waals surface area contributed by atoms with Gasteiger partial charge in [-0.25, -0.2) is 9.78 Å². The molecule has 0 spiro atoms. The van der Waals surface area contributed by atoms with Crippen molar-refractivity contribution in [3.8, 4) is 11.3 Å². The first-order valence-electron chi connectivity index (χ1n) is 7.47. The van der Waals surface area contributed by atoms with Crippen LogP contribution in [0.3, 0.4) is 0 Å². The van der Waals surface area contributed by atoms with E-state index in [0.717, 1.165) is 29.1 Å². The van der Waals surface area contributed by atoms with Crippen LogP contribution in [-0.2, 0) is 12.8 Å². The van der Waals surface area contributed by atoms with Gasteiger partial charge in [-0.05, 0) is 24.0 Å². The molecule has 1 aromatic carbocycles. The molecular weight excluding hydrogens is 296 g/mol. The molecular formula is C17H18N2O2S. The van der Waals surface area contributed by atoms with Gasteiger partial charge in [-0.1, -0.05) is 44.5 Å². The van der Waals surface area contributed by atoms with Crippen LogP contribution in [0.2, 0.25) is 0 Å². The van der Waals surface area contributed by atoms with Gasteiger partial charge in [0.2, 0.25) is 0 Å². The van der Waals surface area contributed by atoms with Crippen LogP contribution in [0.1, 0.15) is 42.0 Å². The number of carboxylic acids is 1. The molecule has 1 N–H and O–H groups in total. The fraction of sp³-hybridized carbons (Fsp3) is 0.294. The maximum Gasteiger partial charge on any atom is 0.354 e. The standard InChI is InChI=1S/C17H18N2O2S/c1-3-5-13-15(16(20)21)19-14(10-22-17(19)18-13)12-8-6-11(4-2)7-9-12/h6-10H,3-5H2,1-2H3,(H,20,21). The Morgan fingerprint density at radius 2 is 2.00 bits per heavy atom. The van der Waals surface area contributed by atoms with E-state index in [2.05, 4.69) is 24.0 Å². The molecule has 5 heteroatoms. The molecule has 22 heavy (non-hydrogen) atoms. The Labute approximate surface area is 133 Å². The third-order valence-electron chi connectivity index (χ3n) is 3.78. The van der Waals surface area contributed by atoms with Gasteiger partial charge >= 0.3 is 5.97 Å². The molecule has 0 radical (unpaired) electrons. The number of aromatic carboxylic acids is 1. The van der Waals surface area contributed by atoms with Crippen LogP contribution in [-0.4, -0.2) is 20.5 Å². The molecule has 0 aliphatic rings. The molecule has 0 bridgehead atoms. The van der Waals surface area contributed by atoms with E-state index in [1.54, 1.807) is 4.40 Å². The van der Waals surface area contributed by atoms with Crippen molar-refractivity contribution in [3.63, 3.8) is 0 Å². The Hall–Kier alpha value is -2.14. The van der Waals surface area contributed by atoms with Crippen LogP contribution in [0.25, 0.3) is 16.2 Å². The quantitative estimate of drug-likeness (QED) is 0.765. The van der Waals surface area contributed by atoms with Gasteiger partial charge in [0.05, 0.1) is 11.4 Å². The number of rotatable bonds is 5. The largest absolute Gasteiger partial charge is 0.477 e. The van der Waals surface area contributed by atoms with E-state index in [4.69, 9.17) is 0 Å². The van der Waals surface area contributed by atoms with Gasteiger partial charge in [-0.15, -0.1) is 11.3 Å². The molecule has 0 unspecified atom stereocenters. The highest BCUT2D eigenvalue weighted by Gasteiger charge is 2.21. The van der Waals surface area contributed by atoms with Crippen LogP contribution in [0, 0.1) is 0 Å². The Balaban J connectivity index is 2.19. The van der Waals surface area contributed by atoms with E-state index in [9.17, 15) is 9.90 Å². The average molecular weight is 314 g/mol. The summed E-state index contributed by atoms with van der Waals surface area (Å²) in [7, 11) is 0. The van der Waals surface area contributed by atoms with Gasteiger partial charge in [-0.2, -0.15) is 0 Å². The third kappa shape index (κ3) is 2.41. The van der Waals surface area contributed by atoms with E-state index in [-0.39, 0.29) is 0 Å². The summed E-state index contributed by atoms with van der Waals surface area (Å²) in [4.78, 5) is 16.9. The van der Waals surface area contributed by atoms with Crippen LogP contribution in [0.5, 0.6) is 0 Å². The minimum absolute atomic E-state index is 0.299. The fourth-order valence-corrected chi connectivity index (χ4v) is 3.56. The second-order valence-electron chi connectivity index (χ2n) is 5.25. The van der Waals surface area contributed by atoms with E-state index < -0.39 is 5.97 Å². The summed E-state index contributed by atoms with van der Waals surface area (Å²) in [5.41, 5.74) is 4.16. The molecule has 0 aliphatic heterocycles. The van der Waals surface area contributed by atoms with E-state index in [1.807, 2.05) is 24.4 Å². The minimum atomic E-state index is -0.916.